The number of carbonyl (C=O) groups is 1. The number of rotatable bonds is 3. The highest BCUT2D eigenvalue weighted by Crippen LogP contribution is 1.97. The van der Waals surface area contributed by atoms with Crippen molar-refractivity contribution in [2.75, 3.05) is 13.7 Å². The normalized spacial score (nSPS) is 9.91. The van der Waals surface area contributed by atoms with Gasteiger partial charge in [-0.3, -0.25) is 0 Å². The van der Waals surface area contributed by atoms with Crippen LogP contribution in [-0.2, 0) is 4.74 Å². The fraction of sp³-hybridized carbons (Fsp3) is 0.875. The highest BCUT2D eigenvalue weighted by atomic mass is 16.6. The topological polar surface area (TPSA) is 29.5 Å². The van der Waals surface area contributed by atoms with Gasteiger partial charge >= 0.3 is 6.09 Å². The van der Waals surface area contributed by atoms with Crippen LogP contribution in [0.25, 0.3) is 0 Å². The molecule has 0 aromatic carbocycles. The summed E-state index contributed by atoms with van der Waals surface area (Å²) in [6.45, 7) is 6.39. The summed E-state index contributed by atoms with van der Waals surface area (Å²) in [7, 11) is 1.74. The summed E-state index contributed by atoms with van der Waals surface area (Å²) in [6.07, 6.45) is 0.638. The van der Waals surface area contributed by atoms with Gasteiger partial charge in [-0.2, -0.15) is 0 Å². The van der Waals surface area contributed by atoms with Crippen LogP contribution in [0, 0.1) is 0 Å². The van der Waals surface area contributed by atoms with Gasteiger partial charge in [0.25, 0.3) is 0 Å². The third-order valence-corrected chi connectivity index (χ3v) is 1.49. The molecule has 0 saturated heterocycles. The Morgan fingerprint density at radius 1 is 1.55 bits per heavy atom. The molecule has 0 radical (unpaired) electrons. The second-order valence-corrected chi connectivity index (χ2v) is 2.82. The van der Waals surface area contributed by atoms with Crippen LogP contribution >= 0.6 is 0 Å². The Morgan fingerprint density at radius 2 is 2.09 bits per heavy atom. The maximum atomic E-state index is 11.0. The first-order valence-corrected chi connectivity index (χ1v) is 3.99. The van der Waals surface area contributed by atoms with Crippen molar-refractivity contribution in [3.05, 3.63) is 0 Å². The minimum atomic E-state index is -0.234. The lowest BCUT2D eigenvalue weighted by Gasteiger charge is -2.20. The van der Waals surface area contributed by atoms with E-state index in [9.17, 15) is 4.79 Å². The maximum absolute atomic E-state index is 11.0. The summed E-state index contributed by atoms with van der Waals surface area (Å²) in [5.41, 5.74) is 0. The Hall–Kier alpha value is -0.730. The Balaban J connectivity index is 3.64. The molecule has 0 aliphatic rings. The molecule has 66 valence electrons. The summed E-state index contributed by atoms with van der Waals surface area (Å²) >= 11 is 0. The quantitative estimate of drug-likeness (QED) is 0.629. The smallest absolute Gasteiger partial charge is 0.409 e. The predicted molar refractivity (Wildman–Crippen MR) is 44.5 cm³/mol. The second kappa shape index (κ2) is 4.99. The molecule has 0 heterocycles. The molecule has 0 aromatic rings. The zero-order chi connectivity index (χ0) is 8.85. The molecular weight excluding hydrogens is 142 g/mol. The van der Waals surface area contributed by atoms with Gasteiger partial charge in [0, 0.05) is 13.1 Å². The van der Waals surface area contributed by atoms with E-state index in [0.717, 1.165) is 6.42 Å². The molecule has 1 amide bonds. The molecule has 0 aliphatic carbocycles. The van der Waals surface area contributed by atoms with Crippen LogP contribution in [0.3, 0.4) is 0 Å². The van der Waals surface area contributed by atoms with Crippen LogP contribution in [0.5, 0.6) is 0 Å². The number of hydrogen-bond acceptors (Lipinski definition) is 2. The third kappa shape index (κ3) is 3.86. The SMILES string of the molecule is CCCOC(=O)N(C)C(C)C. The second-order valence-electron chi connectivity index (χ2n) is 2.82. The van der Waals surface area contributed by atoms with E-state index in [4.69, 9.17) is 4.74 Å². The van der Waals surface area contributed by atoms with E-state index in [-0.39, 0.29) is 12.1 Å². The molecule has 0 bridgehead atoms. The molecule has 0 fully saturated rings. The molecule has 3 heteroatoms. The van der Waals surface area contributed by atoms with E-state index in [2.05, 4.69) is 0 Å². The number of hydrogen-bond donors (Lipinski definition) is 0. The van der Waals surface area contributed by atoms with E-state index < -0.39 is 0 Å². The van der Waals surface area contributed by atoms with Crippen LogP contribution in [0.4, 0.5) is 4.79 Å². The molecule has 0 saturated carbocycles. The van der Waals surface area contributed by atoms with Crippen LogP contribution in [-0.4, -0.2) is 30.7 Å². The Morgan fingerprint density at radius 3 is 2.45 bits per heavy atom. The van der Waals surface area contributed by atoms with Gasteiger partial charge in [0.05, 0.1) is 6.61 Å². The van der Waals surface area contributed by atoms with Crippen LogP contribution in [0.2, 0.25) is 0 Å². The molecule has 0 unspecified atom stereocenters. The van der Waals surface area contributed by atoms with Crippen molar-refractivity contribution >= 4 is 6.09 Å². The van der Waals surface area contributed by atoms with Crippen LogP contribution in [0.1, 0.15) is 27.2 Å². The van der Waals surface area contributed by atoms with Crippen molar-refractivity contribution in [3.8, 4) is 0 Å². The molecule has 0 aliphatic heterocycles. The maximum Gasteiger partial charge on any atom is 0.409 e. The van der Waals surface area contributed by atoms with Crippen molar-refractivity contribution < 1.29 is 9.53 Å². The largest absolute Gasteiger partial charge is 0.449 e. The highest BCUT2D eigenvalue weighted by molar-refractivity contribution is 5.67. The van der Waals surface area contributed by atoms with Gasteiger partial charge in [-0.1, -0.05) is 6.92 Å². The molecule has 3 nitrogen and oxygen atoms in total. The molecular formula is C8H17NO2. The first kappa shape index (κ1) is 10.3. The summed E-state index contributed by atoms with van der Waals surface area (Å²) in [4.78, 5) is 12.6. The predicted octanol–water partition coefficient (Wildman–Crippen LogP) is 1.87. The highest BCUT2D eigenvalue weighted by Gasteiger charge is 2.11. The van der Waals surface area contributed by atoms with Crippen LogP contribution < -0.4 is 0 Å². The van der Waals surface area contributed by atoms with Crippen molar-refractivity contribution in [3.63, 3.8) is 0 Å². The zero-order valence-electron chi connectivity index (χ0n) is 7.76. The lowest BCUT2D eigenvalue weighted by molar-refractivity contribution is 0.102. The van der Waals surface area contributed by atoms with Crippen LogP contribution in [0.15, 0.2) is 0 Å². The average Bonchev–Trinajstić information content (AvgIpc) is 1.98. The number of carbonyl (C=O) groups excluding carboxylic acids is 1. The van der Waals surface area contributed by atoms with Gasteiger partial charge in [0.15, 0.2) is 0 Å². The molecule has 0 N–H and O–H groups in total. The minimum Gasteiger partial charge on any atom is -0.449 e. The Labute approximate surface area is 68.3 Å². The van der Waals surface area contributed by atoms with Crippen molar-refractivity contribution in [1.82, 2.24) is 4.90 Å². The summed E-state index contributed by atoms with van der Waals surface area (Å²) in [5.74, 6) is 0. The molecule has 0 aromatic heterocycles. The Bertz CT molecular complexity index is 123. The van der Waals surface area contributed by atoms with Crippen molar-refractivity contribution in [1.29, 1.82) is 0 Å². The van der Waals surface area contributed by atoms with E-state index in [0.29, 0.717) is 6.61 Å². The fourth-order valence-electron chi connectivity index (χ4n) is 0.502. The standard InChI is InChI=1S/C8H17NO2/c1-5-6-11-8(10)9(4)7(2)3/h7H,5-6H2,1-4H3. The third-order valence-electron chi connectivity index (χ3n) is 1.49. The molecule has 0 atom stereocenters. The van der Waals surface area contributed by atoms with E-state index >= 15 is 0 Å². The van der Waals surface area contributed by atoms with E-state index in [1.165, 1.54) is 0 Å². The van der Waals surface area contributed by atoms with E-state index in [1.54, 1.807) is 11.9 Å². The lowest BCUT2D eigenvalue weighted by Crippen LogP contribution is -2.33. The number of ether oxygens (including phenoxy) is 1. The zero-order valence-corrected chi connectivity index (χ0v) is 7.76. The lowest BCUT2D eigenvalue weighted by atomic mass is 10.4. The molecule has 0 spiro atoms. The van der Waals surface area contributed by atoms with Gasteiger partial charge in [0.1, 0.15) is 0 Å². The first-order chi connectivity index (χ1) is 5.09. The van der Waals surface area contributed by atoms with Crippen molar-refractivity contribution in [2.24, 2.45) is 0 Å². The minimum absolute atomic E-state index is 0.208. The first-order valence-electron chi connectivity index (χ1n) is 3.99. The fourth-order valence-corrected chi connectivity index (χ4v) is 0.502. The summed E-state index contributed by atoms with van der Waals surface area (Å²) in [5, 5.41) is 0. The van der Waals surface area contributed by atoms with Gasteiger partial charge in [0.2, 0.25) is 0 Å². The van der Waals surface area contributed by atoms with Gasteiger partial charge in [-0.05, 0) is 20.3 Å². The molecule has 11 heavy (non-hydrogen) atoms. The van der Waals surface area contributed by atoms with Gasteiger partial charge in [-0.25, -0.2) is 4.79 Å². The summed E-state index contributed by atoms with van der Waals surface area (Å²) < 4.78 is 4.90. The summed E-state index contributed by atoms with van der Waals surface area (Å²) in [6, 6.07) is 0.208. The Kier molecular flexibility index (Phi) is 4.66. The number of amides is 1. The molecule has 0 rings (SSSR count). The van der Waals surface area contributed by atoms with Gasteiger partial charge < -0.3 is 9.64 Å². The van der Waals surface area contributed by atoms with E-state index in [1.807, 2.05) is 20.8 Å². The van der Waals surface area contributed by atoms with Crippen molar-refractivity contribution in [2.45, 2.75) is 33.2 Å². The van der Waals surface area contributed by atoms with Gasteiger partial charge in [-0.15, -0.1) is 0 Å². The average molecular weight is 159 g/mol. The number of nitrogens with zero attached hydrogens (tertiary/aromatic N) is 1. The monoisotopic (exact) mass is 159 g/mol.